The van der Waals surface area contributed by atoms with Crippen LogP contribution < -0.4 is 21.3 Å². The van der Waals surface area contributed by atoms with Crippen LogP contribution in [0.25, 0.3) is 0 Å². The van der Waals surface area contributed by atoms with Crippen LogP contribution in [0.2, 0.25) is 0 Å². The van der Waals surface area contributed by atoms with Gasteiger partial charge in [0, 0.05) is 35.6 Å². The maximum absolute atomic E-state index is 10.8. The lowest BCUT2D eigenvalue weighted by Crippen LogP contribution is -2.19. The Morgan fingerprint density at radius 2 is 0.900 bits per heavy atom. The van der Waals surface area contributed by atoms with Crippen molar-refractivity contribution in [2.45, 2.75) is 0 Å². The summed E-state index contributed by atoms with van der Waals surface area (Å²) in [6.45, 7) is 0. The van der Waals surface area contributed by atoms with Crippen molar-refractivity contribution in [1.29, 1.82) is 0 Å². The largest absolute Gasteiger partial charge is 0.332 e. The lowest BCUT2D eigenvalue weighted by molar-refractivity contribution is -0.385. The van der Waals surface area contributed by atoms with E-state index in [9.17, 15) is 20.2 Å². The first-order valence-corrected chi connectivity index (χ1v) is 12.3. The second kappa shape index (κ2) is 12.9. The molecule has 0 amide bonds. The lowest BCUT2D eigenvalue weighted by atomic mass is 10.2. The average molecular weight is 573 g/mol. The molecule has 4 aromatic carbocycles. The van der Waals surface area contributed by atoms with Crippen LogP contribution >= 0.6 is 24.4 Å². The molecule has 4 aromatic rings. The highest BCUT2D eigenvalue weighted by Crippen LogP contribution is 2.30. The molecule has 0 saturated heterocycles. The molecule has 0 unspecified atom stereocenters. The predicted molar refractivity (Wildman–Crippen MR) is 163 cm³/mol. The summed E-state index contributed by atoms with van der Waals surface area (Å²) in [5, 5.41) is 43.1. The number of thiocarbonyl (C=S) groups is 2. The molecular formula is C26H20N8O4S2. The first kappa shape index (κ1) is 27.7. The van der Waals surface area contributed by atoms with Gasteiger partial charge in [0.25, 0.3) is 11.4 Å². The van der Waals surface area contributed by atoms with E-state index in [1.54, 1.807) is 60.7 Å². The molecular weight excluding hydrogens is 552 g/mol. The average Bonchev–Trinajstić information content (AvgIpc) is 2.94. The lowest BCUT2D eigenvalue weighted by Gasteiger charge is -2.13. The summed E-state index contributed by atoms with van der Waals surface area (Å²) in [5.41, 5.74) is 3.33. The number of nitro groups is 2. The number of hydrogen-bond acceptors (Lipinski definition) is 8. The van der Waals surface area contributed by atoms with Gasteiger partial charge in [-0.25, -0.2) is 0 Å². The predicted octanol–water partition coefficient (Wildman–Crippen LogP) is 7.54. The number of non-ortho nitro benzene ring substituents is 2. The van der Waals surface area contributed by atoms with Gasteiger partial charge in [-0.2, -0.15) is 0 Å². The number of para-hydroxylation sites is 2. The van der Waals surface area contributed by atoms with Crippen molar-refractivity contribution in [3.63, 3.8) is 0 Å². The second-order valence-electron chi connectivity index (χ2n) is 8.00. The van der Waals surface area contributed by atoms with E-state index in [2.05, 4.69) is 31.5 Å². The maximum atomic E-state index is 10.8. The Labute approximate surface area is 238 Å². The minimum Gasteiger partial charge on any atom is -0.332 e. The molecule has 0 saturated carbocycles. The fourth-order valence-corrected chi connectivity index (χ4v) is 3.80. The number of rotatable bonds is 8. The van der Waals surface area contributed by atoms with Crippen molar-refractivity contribution < 1.29 is 9.85 Å². The number of nitro benzene ring substituents is 2. The van der Waals surface area contributed by atoms with Gasteiger partial charge in [0.1, 0.15) is 11.4 Å². The summed E-state index contributed by atoms with van der Waals surface area (Å²) in [6, 6.07) is 26.1. The zero-order valence-electron chi connectivity index (χ0n) is 20.5. The van der Waals surface area contributed by atoms with E-state index in [1.165, 1.54) is 24.3 Å². The Bertz CT molecular complexity index is 1480. The van der Waals surface area contributed by atoms with Gasteiger partial charge >= 0.3 is 0 Å². The number of benzene rings is 4. The summed E-state index contributed by atoms with van der Waals surface area (Å²) >= 11 is 10.8. The van der Waals surface area contributed by atoms with Crippen molar-refractivity contribution in [1.82, 2.24) is 0 Å². The minimum absolute atomic E-state index is 0.0205. The molecule has 0 spiro atoms. The molecule has 12 nitrogen and oxygen atoms in total. The molecule has 0 radical (unpaired) electrons. The number of nitrogens with zero attached hydrogens (tertiary/aromatic N) is 4. The van der Waals surface area contributed by atoms with Crippen molar-refractivity contribution in [2.75, 3.05) is 21.3 Å². The number of azo groups is 1. The van der Waals surface area contributed by atoms with Gasteiger partial charge in [-0.3, -0.25) is 20.2 Å². The van der Waals surface area contributed by atoms with Gasteiger partial charge in [0.15, 0.2) is 10.2 Å². The van der Waals surface area contributed by atoms with Gasteiger partial charge in [-0.15, -0.1) is 10.2 Å². The first-order valence-electron chi connectivity index (χ1n) is 11.5. The fraction of sp³-hybridized carbons (Fsp3) is 0. The van der Waals surface area contributed by atoms with E-state index in [4.69, 9.17) is 24.4 Å². The van der Waals surface area contributed by atoms with Crippen molar-refractivity contribution in [3.05, 3.63) is 117 Å². The molecule has 40 heavy (non-hydrogen) atoms. The maximum Gasteiger partial charge on any atom is 0.269 e. The third kappa shape index (κ3) is 7.59. The molecule has 0 aliphatic carbocycles. The molecule has 200 valence electrons. The highest BCUT2D eigenvalue weighted by Gasteiger charge is 2.09. The van der Waals surface area contributed by atoms with Crippen LogP contribution in [0.1, 0.15) is 0 Å². The van der Waals surface area contributed by atoms with E-state index >= 15 is 0 Å². The molecule has 0 aromatic heterocycles. The van der Waals surface area contributed by atoms with Crippen LogP contribution in [-0.2, 0) is 0 Å². The molecule has 0 fully saturated rings. The van der Waals surface area contributed by atoms with E-state index < -0.39 is 9.85 Å². The van der Waals surface area contributed by atoms with Crippen LogP contribution in [0.3, 0.4) is 0 Å². The van der Waals surface area contributed by atoms with Crippen LogP contribution in [0.15, 0.2) is 107 Å². The van der Waals surface area contributed by atoms with Crippen molar-refractivity contribution >= 4 is 80.2 Å². The summed E-state index contributed by atoms with van der Waals surface area (Å²) in [5.74, 6) is 0. The van der Waals surface area contributed by atoms with Crippen LogP contribution in [0, 0.1) is 20.2 Å². The van der Waals surface area contributed by atoms with E-state index in [0.717, 1.165) is 0 Å². The van der Waals surface area contributed by atoms with Crippen molar-refractivity contribution in [3.8, 4) is 0 Å². The summed E-state index contributed by atoms with van der Waals surface area (Å²) < 4.78 is 0. The topological polar surface area (TPSA) is 159 Å². The van der Waals surface area contributed by atoms with Crippen LogP contribution in [0.4, 0.5) is 45.5 Å². The highest BCUT2D eigenvalue weighted by atomic mass is 32.1. The van der Waals surface area contributed by atoms with Crippen LogP contribution in [-0.4, -0.2) is 20.1 Å². The SMILES string of the molecule is O=[N+]([O-])c1ccc(NC(=S)Nc2ccccc2N=Nc2ccccc2NC(=S)Nc2ccc([N+](=O)[O-])cc2)cc1. The molecule has 4 N–H and O–H groups in total. The third-order valence-electron chi connectivity index (χ3n) is 5.24. The zero-order valence-corrected chi connectivity index (χ0v) is 22.1. The van der Waals surface area contributed by atoms with Gasteiger partial charge < -0.3 is 21.3 Å². The summed E-state index contributed by atoms with van der Waals surface area (Å²) in [7, 11) is 0. The Morgan fingerprint density at radius 1 is 0.550 bits per heavy atom. The Balaban J connectivity index is 1.42. The number of nitrogens with one attached hydrogen (secondary N) is 4. The standard InChI is InChI=1S/C26H20N8O4S2/c35-33(36)19-13-9-17(10-14-19)27-25(39)29-21-5-1-3-7-23(21)31-32-24-8-4-2-6-22(24)30-26(40)28-18-11-15-20(16-12-18)34(37)38/h1-16H,(H2,27,29,39)(H2,28,30,40). The fourth-order valence-electron chi connectivity index (χ4n) is 3.34. The van der Waals surface area contributed by atoms with Gasteiger partial charge in [-0.1, -0.05) is 24.3 Å². The Hall–Kier alpha value is -5.34. The van der Waals surface area contributed by atoms with E-state index in [1.807, 2.05) is 12.1 Å². The zero-order chi connectivity index (χ0) is 28.5. The van der Waals surface area contributed by atoms with Gasteiger partial charge in [0.05, 0.1) is 21.2 Å². The number of hydrogen-bond donors (Lipinski definition) is 4. The normalized spacial score (nSPS) is 10.5. The molecule has 0 bridgehead atoms. The summed E-state index contributed by atoms with van der Waals surface area (Å²) in [6.07, 6.45) is 0. The molecule has 0 heterocycles. The summed E-state index contributed by atoms with van der Waals surface area (Å²) in [4.78, 5) is 20.8. The number of anilines is 4. The molecule has 4 rings (SSSR count). The molecule has 0 aliphatic rings. The first-order chi connectivity index (χ1) is 19.3. The van der Waals surface area contributed by atoms with Gasteiger partial charge in [0.2, 0.25) is 0 Å². The molecule has 0 aliphatic heterocycles. The van der Waals surface area contributed by atoms with Crippen molar-refractivity contribution in [2.24, 2.45) is 10.2 Å². The smallest absolute Gasteiger partial charge is 0.269 e. The molecule has 14 heteroatoms. The van der Waals surface area contributed by atoms with E-state index in [-0.39, 0.29) is 21.6 Å². The van der Waals surface area contributed by atoms with Crippen LogP contribution in [0.5, 0.6) is 0 Å². The Kier molecular flexibility index (Phi) is 8.96. The third-order valence-corrected chi connectivity index (χ3v) is 5.65. The Morgan fingerprint density at radius 3 is 1.25 bits per heavy atom. The quantitative estimate of drug-likeness (QED) is 0.0719. The van der Waals surface area contributed by atoms with Gasteiger partial charge in [-0.05, 0) is 73.0 Å². The van der Waals surface area contributed by atoms with E-state index in [0.29, 0.717) is 34.1 Å². The highest BCUT2D eigenvalue weighted by molar-refractivity contribution is 7.81. The molecule has 0 atom stereocenters. The monoisotopic (exact) mass is 572 g/mol. The second-order valence-corrected chi connectivity index (χ2v) is 8.82. The minimum atomic E-state index is -0.474.